The summed E-state index contributed by atoms with van der Waals surface area (Å²) in [5.74, 6) is -0.277. The number of allylic oxidation sites excluding steroid dienone is 3. The van der Waals surface area contributed by atoms with Gasteiger partial charge in [-0.25, -0.2) is 0 Å². The highest BCUT2D eigenvalue weighted by molar-refractivity contribution is 5.76. The lowest BCUT2D eigenvalue weighted by atomic mass is 9.96. The zero-order valence-corrected chi connectivity index (χ0v) is 65.3. The van der Waals surface area contributed by atoms with Gasteiger partial charge in [0.2, 0.25) is 5.91 Å². The fourth-order valence-corrected chi connectivity index (χ4v) is 14.9. The molecule has 17 unspecified atom stereocenters. The highest BCUT2D eigenvalue weighted by Crippen LogP contribution is 2.33. The minimum atomic E-state index is -1.98. The SMILES string of the molecule is CCCCCCCCCCCCCCCCCCCCCCCCCCCCC/C=C/CC/C=C/C(O)C(COC1OC(CO)C(OC2OC(CO)C(OC3OC(CO)C(O)C(O)C3O)C(O)C2O)C(O)C1O)NC(=O)CCCCCCCCCCCCCCCCCCCCCCCCCCC. The van der Waals surface area contributed by atoms with Gasteiger partial charge in [-0.2, -0.15) is 0 Å². The summed E-state index contributed by atoms with van der Waals surface area (Å²) in [6.07, 6.45) is 53.3. The molecule has 0 aromatic carbocycles. The summed E-state index contributed by atoms with van der Waals surface area (Å²) in [6.45, 7) is 1.79. The summed E-state index contributed by atoms with van der Waals surface area (Å²) in [6, 6.07) is -0.989. The molecule has 0 aliphatic carbocycles. The Morgan fingerprint density at radius 2 is 0.621 bits per heavy atom. The molecule has 3 heterocycles. The number of nitrogens with one attached hydrogen (secondary N) is 1. The van der Waals surface area contributed by atoms with E-state index >= 15 is 0 Å². The van der Waals surface area contributed by atoms with Gasteiger partial charge >= 0.3 is 0 Å². The van der Waals surface area contributed by atoms with Crippen LogP contribution in [0, 0.1) is 0 Å². The summed E-state index contributed by atoms with van der Waals surface area (Å²) >= 11 is 0. The van der Waals surface area contributed by atoms with Crippen LogP contribution in [0.25, 0.3) is 0 Å². The topological polar surface area (TPSA) is 307 Å². The average Bonchev–Trinajstić information content (AvgIpc) is 0.781. The van der Waals surface area contributed by atoms with Gasteiger partial charge in [0.25, 0.3) is 0 Å². The number of hydrogen-bond acceptors (Lipinski definition) is 18. The van der Waals surface area contributed by atoms with Gasteiger partial charge in [0.15, 0.2) is 18.9 Å². The number of hydrogen-bond donors (Lipinski definition) is 12. The van der Waals surface area contributed by atoms with Gasteiger partial charge in [-0.3, -0.25) is 4.79 Å². The van der Waals surface area contributed by atoms with E-state index in [1.54, 1.807) is 6.08 Å². The van der Waals surface area contributed by atoms with Gasteiger partial charge in [0.1, 0.15) is 73.2 Å². The molecule has 3 fully saturated rings. The van der Waals surface area contributed by atoms with Crippen LogP contribution < -0.4 is 5.32 Å². The lowest BCUT2D eigenvalue weighted by molar-refractivity contribution is -0.379. The molecular weight excluding hydrogens is 1310 g/mol. The van der Waals surface area contributed by atoms with Gasteiger partial charge in [0, 0.05) is 6.42 Å². The molecule has 0 bridgehead atoms. The maximum Gasteiger partial charge on any atom is 0.220 e. The van der Waals surface area contributed by atoms with Crippen molar-refractivity contribution in [1.29, 1.82) is 0 Å². The van der Waals surface area contributed by atoms with Crippen molar-refractivity contribution in [2.75, 3.05) is 26.4 Å². The van der Waals surface area contributed by atoms with Gasteiger partial charge in [-0.1, -0.05) is 359 Å². The van der Waals surface area contributed by atoms with E-state index in [1.807, 2.05) is 6.08 Å². The van der Waals surface area contributed by atoms with Crippen LogP contribution >= 0.6 is 0 Å². The third kappa shape index (κ3) is 44.6. The number of carbonyl (C=O) groups excluding carboxylic acids is 1. The number of unbranched alkanes of at least 4 members (excludes halogenated alkanes) is 52. The lowest BCUT2D eigenvalue weighted by Crippen LogP contribution is -2.66. The average molecular weight is 1470 g/mol. The molecule has 3 saturated heterocycles. The lowest BCUT2D eigenvalue weighted by Gasteiger charge is -2.48. The largest absolute Gasteiger partial charge is 0.394 e. The van der Waals surface area contributed by atoms with Crippen molar-refractivity contribution in [1.82, 2.24) is 5.32 Å². The van der Waals surface area contributed by atoms with E-state index in [2.05, 4.69) is 31.3 Å². The zero-order valence-electron chi connectivity index (χ0n) is 65.3. The van der Waals surface area contributed by atoms with Crippen LogP contribution in [-0.4, -0.2) is 193 Å². The molecule has 103 heavy (non-hydrogen) atoms. The second kappa shape index (κ2) is 65.0. The number of carbonyl (C=O) groups is 1. The minimum Gasteiger partial charge on any atom is -0.394 e. The second-order valence-corrected chi connectivity index (χ2v) is 31.0. The zero-order chi connectivity index (χ0) is 74.6. The summed E-state index contributed by atoms with van der Waals surface area (Å²) < 4.78 is 34.5. The first-order valence-corrected chi connectivity index (χ1v) is 43.1. The van der Waals surface area contributed by atoms with Crippen LogP contribution in [0.15, 0.2) is 24.3 Å². The van der Waals surface area contributed by atoms with E-state index in [0.717, 1.165) is 38.5 Å². The summed E-state index contributed by atoms with van der Waals surface area (Å²) in [7, 11) is 0. The van der Waals surface area contributed by atoms with E-state index in [1.165, 1.54) is 302 Å². The third-order valence-electron chi connectivity index (χ3n) is 21.8. The van der Waals surface area contributed by atoms with E-state index in [-0.39, 0.29) is 18.9 Å². The predicted octanol–water partition coefficient (Wildman–Crippen LogP) is 15.3. The molecule has 0 spiro atoms. The fourth-order valence-electron chi connectivity index (χ4n) is 14.9. The molecule has 0 aromatic rings. The number of rotatable bonds is 70. The smallest absolute Gasteiger partial charge is 0.220 e. The predicted molar refractivity (Wildman–Crippen MR) is 411 cm³/mol. The Hall–Kier alpha value is -1.73. The molecule has 608 valence electrons. The fraction of sp³-hybridized carbons (Fsp3) is 0.940. The monoisotopic (exact) mass is 1470 g/mol. The van der Waals surface area contributed by atoms with E-state index in [4.69, 9.17) is 28.4 Å². The molecule has 1 amide bonds. The third-order valence-corrected chi connectivity index (χ3v) is 21.8. The standard InChI is InChI=1S/C84H159NO18/c1-3-5-7-9-11-13-15-17-19-21-23-25-27-29-30-31-32-33-34-35-36-38-39-41-43-45-47-49-51-53-55-57-59-61-68(89)67(85-72(90)62-60-58-56-54-52-50-48-46-44-42-40-37-28-26-24-22-20-18-16-14-12-10-8-6-4-2)66-98-82-78(96)75(93)80(70(64-87)100-82)103-84-79(97)76(94)81(71(65-88)101-84)102-83-77(95)74(92)73(91)69(63-86)99-83/h51,53,59,61,67-71,73-84,86-89,91-97H,3-50,52,54-58,60,62-66H2,1-2H3,(H,85,90)/b53-51+,61-59+. The number of ether oxygens (including phenoxy) is 6. The molecule has 17 atom stereocenters. The molecule has 0 aromatic heterocycles. The van der Waals surface area contributed by atoms with Crippen molar-refractivity contribution < 1.29 is 89.4 Å². The molecule has 3 rings (SSSR count). The van der Waals surface area contributed by atoms with Gasteiger partial charge in [0.05, 0.1) is 38.6 Å². The molecule has 0 radical (unpaired) electrons. The van der Waals surface area contributed by atoms with Gasteiger partial charge < -0.3 is 89.9 Å². The quantitative estimate of drug-likeness (QED) is 0.0199. The number of aliphatic hydroxyl groups excluding tert-OH is 11. The van der Waals surface area contributed by atoms with E-state index in [0.29, 0.717) is 12.8 Å². The van der Waals surface area contributed by atoms with Crippen LogP contribution in [0.3, 0.4) is 0 Å². The maximum atomic E-state index is 13.5. The van der Waals surface area contributed by atoms with Crippen molar-refractivity contribution in [3.05, 3.63) is 24.3 Å². The Morgan fingerprint density at radius 1 is 0.340 bits per heavy atom. The molecule has 3 aliphatic heterocycles. The van der Waals surface area contributed by atoms with Crippen molar-refractivity contribution in [2.24, 2.45) is 0 Å². The normalized spacial score (nSPS) is 26.1. The van der Waals surface area contributed by atoms with Gasteiger partial charge in [-0.15, -0.1) is 0 Å². The summed E-state index contributed by atoms with van der Waals surface area (Å²) in [5, 5.41) is 121. The van der Waals surface area contributed by atoms with Crippen molar-refractivity contribution in [3.8, 4) is 0 Å². The summed E-state index contributed by atoms with van der Waals surface area (Å²) in [5.41, 5.74) is 0. The molecule has 0 saturated carbocycles. The first-order chi connectivity index (χ1) is 50.3. The molecule has 3 aliphatic rings. The van der Waals surface area contributed by atoms with Crippen LogP contribution in [0.2, 0.25) is 0 Å². The molecule has 12 N–H and O–H groups in total. The first-order valence-electron chi connectivity index (χ1n) is 43.1. The Balaban J connectivity index is 1.36. The van der Waals surface area contributed by atoms with Crippen molar-refractivity contribution in [2.45, 2.75) is 478 Å². The Kier molecular flexibility index (Phi) is 60.3. The first kappa shape index (κ1) is 95.5. The van der Waals surface area contributed by atoms with Crippen LogP contribution in [0.4, 0.5) is 0 Å². The Bertz CT molecular complexity index is 1950. The molecular formula is C84H159NO18. The second-order valence-electron chi connectivity index (χ2n) is 31.0. The van der Waals surface area contributed by atoms with Crippen LogP contribution in [-0.2, 0) is 33.2 Å². The summed E-state index contributed by atoms with van der Waals surface area (Å²) in [4.78, 5) is 13.5. The van der Waals surface area contributed by atoms with Crippen LogP contribution in [0.5, 0.6) is 0 Å². The number of amides is 1. The van der Waals surface area contributed by atoms with Crippen molar-refractivity contribution >= 4 is 5.91 Å². The maximum absolute atomic E-state index is 13.5. The molecule has 19 nitrogen and oxygen atoms in total. The Morgan fingerprint density at radius 3 is 0.971 bits per heavy atom. The number of aliphatic hydroxyl groups is 11. The van der Waals surface area contributed by atoms with Crippen molar-refractivity contribution in [3.63, 3.8) is 0 Å². The highest BCUT2D eigenvalue weighted by Gasteiger charge is 2.54. The Labute approximate surface area is 626 Å². The van der Waals surface area contributed by atoms with E-state index < -0.39 is 124 Å². The minimum absolute atomic E-state index is 0.241. The van der Waals surface area contributed by atoms with E-state index in [9.17, 15) is 61.0 Å². The molecule has 19 heteroatoms. The van der Waals surface area contributed by atoms with Crippen LogP contribution in [0.1, 0.15) is 373 Å². The highest BCUT2D eigenvalue weighted by atomic mass is 16.8. The van der Waals surface area contributed by atoms with Gasteiger partial charge in [-0.05, 0) is 32.1 Å².